The Morgan fingerprint density at radius 3 is 2.59 bits per heavy atom. The zero-order valence-electron chi connectivity index (χ0n) is 13.6. The second-order valence-corrected chi connectivity index (χ2v) is 5.87. The fourth-order valence-corrected chi connectivity index (χ4v) is 3.00. The molecule has 1 unspecified atom stereocenters. The first-order valence-corrected chi connectivity index (χ1v) is 8.31. The normalized spacial score (nSPS) is 17.8. The molecule has 0 saturated carbocycles. The van der Waals surface area contributed by atoms with E-state index in [9.17, 15) is 9.59 Å². The van der Waals surface area contributed by atoms with Crippen LogP contribution < -0.4 is 4.90 Å². The summed E-state index contributed by atoms with van der Waals surface area (Å²) in [6.07, 6.45) is 3.66. The molecule has 0 radical (unpaired) electrons. The molecule has 1 aliphatic rings. The van der Waals surface area contributed by atoms with Crippen LogP contribution in [0.25, 0.3) is 0 Å². The molecule has 1 atom stereocenters. The van der Waals surface area contributed by atoms with Gasteiger partial charge in [-0.15, -0.1) is 0 Å². The lowest BCUT2D eigenvalue weighted by Crippen LogP contribution is -2.37. The molecule has 1 aliphatic heterocycles. The summed E-state index contributed by atoms with van der Waals surface area (Å²) in [6, 6.07) is 9.69. The highest BCUT2D eigenvalue weighted by molar-refractivity contribution is 5.98. The smallest absolute Gasteiger partial charge is 0.232 e. The maximum atomic E-state index is 12.7. The van der Waals surface area contributed by atoms with E-state index >= 15 is 0 Å². The largest absolute Gasteiger partial charge is 0.342 e. The van der Waals surface area contributed by atoms with Crippen LogP contribution in [0.15, 0.2) is 30.3 Å². The van der Waals surface area contributed by atoms with E-state index in [1.165, 1.54) is 0 Å². The summed E-state index contributed by atoms with van der Waals surface area (Å²) in [5.74, 6) is -0.00658. The van der Waals surface area contributed by atoms with Crippen LogP contribution in [0.4, 0.5) is 5.69 Å². The summed E-state index contributed by atoms with van der Waals surface area (Å²) < 4.78 is 0. The number of carbonyl (C=O) groups excluding carboxylic acids is 2. The van der Waals surface area contributed by atoms with Crippen molar-refractivity contribution in [3.8, 4) is 0 Å². The zero-order chi connectivity index (χ0) is 15.9. The van der Waals surface area contributed by atoms with E-state index in [4.69, 9.17) is 0 Å². The molecule has 22 heavy (non-hydrogen) atoms. The average Bonchev–Trinajstić information content (AvgIpc) is 2.90. The third-order valence-corrected chi connectivity index (χ3v) is 4.25. The summed E-state index contributed by atoms with van der Waals surface area (Å²) in [6.45, 7) is 6.11. The molecule has 4 heteroatoms. The number of unbranched alkanes of at least 4 members (excludes halogenated alkanes) is 2. The van der Waals surface area contributed by atoms with E-state index < -0.39 is 0 Å². The summed E-state index contributed by atoms with van der Waals surface area (Å²) in [5, 5.41) is 0. The molecule has 4 nitrogen and oxygen atoms in total. The molecule has 0 spiro atoms. The highest BCUT2D eigenvalue weighted by atomic mass is 16.2. The molecule has 2 amide bonds. The minimum atomic E-state index is -0.200. The highest BCUT2D eigenvalue weighted by Gasteiger charge is 2.36. The van der Waals surface area contributed by atoms with Gasteiger partial charge in [-0.3, -0.25) is 9.59 Å². The van der Waals surface area contributed by atoms with Crippen molar-refractivity contribution in [3.05, 3.63) is 30.3 Å². The van der Waals surface area contributed by atoms with Gasteiger partial charge >= 0.3 is 0 Å². The van der Waals surface area contributed by atoms with Gasteiger partial charge in [-0.1, -0.05) is 38.0 Å². The SMILES string of the molecule is CCCCCN1CC(C(=O)N(CC)c2ccccc2)CC1=O. The molecule has 0 bridgehead atoms. The van der Waals surface area contributed by atoms with Gasteiger partial charge in [-0.05, 0) is 25.5 Å². The molecule has 1 saturated heterocycles. The average molecular weight is 302 g/mol. The summed E-state index contributed by atoms with van der Waals surface area (Å²) >= 11 is 0. The van der Waals surface area contributed by atoms with Crippen LogP contribution in [0.5, 0.6) is 0 Å². The number of rotatable bonds is 7. The number of amides is 2. The summed E-state index contributed by atoms with van der Waals surface area (Å²) in [4.78, 5) is 28.5. The predicted molar refractivity (Wildman–Crippen MR) is 88.7 cm³/mol. The molecule has 2 rings (SSSR count). The van der Waals surface area contributed by atoms with Crippen LogP contribution in [0.3, 0.4) is 0 Å². The lowest BCUT2D eigenvalue weighted by atomic mass is 10.1. The van der Waals surface area contributed by atoms with Crippen LogP contribution in [0, 0.1) is 5.92 Å². The fraction of sp³-hybridized carbons (Fsp3) is 0.556. The van der Waals surface area contributed by atoms with Crippen molar-refractivity contribution in [1.29, 1.82) is 0 Å². The standard InChI is InChI=1S/C18H26N2O2/c1-3-5-9-12-19-14-15(13-17(19)21)18(22)20(4-2)16-10-7-6-8-11-16/h6-8,10-11,15H,3-5,9,12-14H2,1-2H3. The molecule has 0 aromatic heterocycles. The van der Waals surface area contributed by atoms with Crippen LogP contribution >= 0.6 is 0 Å². The lowest BCUT2D eigenvalue weighted by molar-refractivity contribution is -0.128. The van der Waals surface area contributed by atoms with Gasteiger partial charge < -0.3 is 9.80 Å². The lowest BCUT2D eigenvalue weighted by Gasteiger charge is -2.24. The van der Waals surface area contributed by atoms with Gasteiger partial charge in [-0.25, -0.2) is 0 Å². The monoisotopic (exact) mass is 302 g/mol. The minimum Gasteiger partial charge on any atom is -0.342 e. The Bertz CT molecular complexity index is 501. The van der Waals surface area contributed by atoms with Gasteiger partial charge in [0.2, 0.25) is 11.8 Å². The molecular weight excluding hydrogens is 276 g/mol. The number of likely N-dealkylation sites (tertiary alicyclic amines) is 1. The van der Waals surface area contributed by atoms with Crippen molar-refractivity contribution in [2.45, 2.75) is 39.5 Å². The quantitative estimate of drug-likeness (QED) is 0.726. The second kappa shape index (κ2) is 7.97. The van der Waals surface area contributed by atoms with E-state index in [0.29, 0.717) is 19.5 Å². The van der Waals surface area contributed by atoms with Crippen LogP contribution in [0.2, 0.25) is 0 Å². The van der Waals surface area contributed by atoms with Crippen molar-refractivity contribution in [3.63, 3.8) is 0 Å². The number of hydrogen-bond acceptors (Lipinski definition) is 2. The first kappa shape index (κ1) is 16.5. The van der Waals surface area contributed by atoms with E-state index in [0.717, 1.165) is 31.5 Å². The first-order valence-electron chi connectivity index (χ1n) is 8.31. The Hall–Kier alpha value is -1.84. The maximum Gasteiger partial charge on any atom is 0.232 e. The minimum absolute atomic E-state index is 0.0695. The van der Waals surface area contributed by atoms with E-state index in [2.05, 4.69) is 6.92 Å². The van der Waals surface area contributed by atoms with E-state index in [-0.39, 0.29) is 17.7 Å². The Balaban J connectivity index is 1.99. The van der Waals surface area contributed by atoms with Crippen molar-refractivity contribution in [2.75, 3.05) is 24.5 Å². The molecule has 1 aromatic rings. The summed E-state index contributed by atoms with van der Waals surface area (Å²) in [5.41, 5.74) is 0.909. The zero-order valence-corrected chi connectivity index (χ0v) is 13.6. The molecule has 1 fully saturated rings. The molecule has 1 aromatic carbocycles. The molecule has 120 valence electrons. The Labute approximate surface area is 133 Å². The number of carbonyl (C=O) groups is 2. The van der Waals surface area contributed by atoms with Crippen LogP contribution in [-0.4, -0.2) is 36.3 Å². The highest BCUT2D eigenvalue weighted by Crippen LogP contribution is 2.24. The maximum absolute atomic E-state index is 12.7. The number of anilines is 1. The van der Waals surface area contributed by atoms with Crippen LogP contribution in [0.1, 0.15) is 39.5 Å². The van der Waals surface area contributed by atoms with Gasteiger partial charge in [0.05, 0.1) is 5.92 Å². The third-order valence-electron chi connectivity index (χ3n) is 4.25. The summed E-state index contributed by atoms with van der Waals surface area (Å²) in [7, 11) is 0. The fourth-order valence-electron chi connectivity index (χ4n) is 3.00. The molecule has 1 heterocycles. The van der Waals surface area contributed by atoms with Crippen molar-refractivity contribution >= 4 is 17.5 Å². The van der Waals surface area contributed by atoms with Crippen LogP contribution in [-0.2, 0) is 9.59 Å². The van der Waals surface area contributed by atoms with Gasteiger partial charge in [-0.2, -0.15) is 0 Å². The number of benzene rings is 1. The van der Waals surface area contributed by atoms with E-state index in [1.54, 1.807) is 4.90 Å². The topological polar surface area (TPSA) is 40.6 Å². The van der Waals surface area contributed by atoms with Gasteiger partial charge in [0.15, 0.2) is 0 Å². The molecular formula is C18H26N2O2. The van der Waals surface area contributed by atoms with Gasteiger partial charge in [0, 0.05) is 31.7 Å². The van der Waals surface area contributed by atoms with Gasteiger partial charge in [0.25, 0.3) is 0 Å². The van der Waals surface area contributed by atoms with Crippen molar-refractivity contribution in [2.24, 2.45) is 5.92 Å². The molecule has 0 aliphatic carbocycles. The van der Waals surface area contributed by atoms with E-state index in [1.807, 2.05) is 42.2 Å². The number of para-hydroxylation sites is 1. The first-order chi connectivity index (χ1) is 10.7. The Morgan fingerprint density at radius 1 is 1.23 bits per heavy atom. The third kappa shape index (κ3) is 3.87. The number of nitrogens with zero attached hydrogens (tertiary/aromatic N) is 2. The Kier molecular flexibility index (Phi) is 5.99. The molecule has 0 N–H and O–H groups in total. The Morgan fingerprint density at radius 2 is 1.95 bits per heavy atom. The van der Waals surface area contributed by atoms with Crippen molar-refractivity contribution < 1.29 is 9.59 Å². The predicted octanol–water partition coefficient (Wildman–Crippen LogP) is 3.08. The second-order valence-electron chi connectivity index (χ2n) is 5.87. The number of hydrogen-bond donors (Lipinski definition) is 0. The van der Waals surface area contributed by atoms with Gasteiger partial charge in [0.1, 0.15) is 0 Å². The van der Waals surface area contributed by atoms with Crippen molar-refractivity contribution in [1.82, 2.24) is 4.90 Å².